The Morgan fingerprint density at radius 1 is 1.25 bits per heavy atom. The number of nitrogens with two attached hydrogens (primary N) is 1. The fourth-order valence-electron chi connectivity index (χ4n) is 2.75. The van der Waals surface area contributed by atoms with Gasteiger partial charge in [0.05, 0.1) is 24.6 Å². The van der Waals surface area contributed by atoms with Gasteiger partial charge in [-0.15, -0.1) is 0 Å². The summed E-state index contributed by atoms with van der Waals surface area (Å²) in [5.74, 6) is -0.00365. The Labute approximate surface area is 164 Å². The third-order valence-electron chi connectivity index (χ3n) is 4.31. The van der Waals surface area contributed by atoms with Crippen molar-refractivity contribution in [3.63, 3.8) is 0 Å². The Kier molecular flexibility index (Phi) is 7.86. The lowest BCUT2D eigenvalue weighted by molar-refractivity contribution is -0.111. The number of methoxy groups -OCH3 is 2. The summed E-state index contributed by atoms with van der Waals surface area (Å²) in [6.45, 7) is 0. The van der Waals surface area contributed by atoms with E-state index in [1.807, 2.05) is 0 Å². The zero-order valence-electron chi connectivity index (χ0n) is 16.0. The molecule has 0 heterocycles. The molecule has 150 valence electrons. The third kappa shape index (κ3) is 5.73. The van der Waals surface area contributed by atoms with Gasteiger partial charge in [0.15, 0.2) is 11.5 Å². The maximum atomic E-state index is 12.0. The minimum Gasteiger partial charge on any atom is -0.504 e. The van der Waals surface area contributed by atoms with Crippen LogP contribution in [0.3, 0.4) is 0 Å². The summed E-state index contributed by atoms with van der Waals surface area (Å²) in [5.41, 5.74) is 7.36. The summed E-state index contributed by atoms with van der Waals surface area (Å²) >= 11 is 0. The molecule has 28 heavy (non-hydrogen) atoms. The number of aliphatic hydroxyl groups is 1. The molecule has 0 saturated heterocycles. The summed E-state index contributed by atoms with van der Waals surface area (Å²) < 4.78 is 10.4. The highest BCUT2D eigenvalue weighted by atomic mass is 16.5. The molecule has 0 aliphatic rings. The summed E-state index contributed by atoms with van der Waals surface area (Å²) in [5, 5.41) is 23.1. The zero-order chi connectivity index (χ0) is 20.5. The van der Waals surface area contributed by atoms with Gasteiger partial charge in [0, 0.05) is 7.11 Å². The second-order valence-electron chi connectivity index (χ2n) is 6.21. The van der Waals surface area contributed by atoms with Crippen molar-refractivity contribution in [3.05, 3.63) is 60.2 Å². The molecule has 0 fully saturated rings. The number of benzene rings is 2. The Morgan fingerprint density at radius 2 is 2.00 bits per heavy atom. The van der Waals surface area contributed by atoms with E-state index >= 15 is 0 Å². The number of hydrogen-bond donors (Lipinski definition) is 4. The molecule has 0 radical (unpaired) electrons. The number of nitrogens with one attached hydrogen (secondary N) is 1. The predicted octanol–water partition coefficient (Wildman–Crippen LogP) is 3.01. The van der Waals surface area contributed by atoms with Crippen molar-refractivity contribution in [1.82, 2.24) is 0 Å². The van der Waals surface area contributed by atoms with Crippen molar-refractivity contribution in [3.8, 4) is 11.5 Å². The van der Waals surface area contributed by atoms with Gasteiger partial charge in [-0.1, -0.05) is 24.3 Å². The number of allylic oxidation sites excluding steroid dienone is 1. The molecule has 2 aromatic carbocycles. The fraction of sp³-hybridized carbons (Fsp3) is 0.286. The highest BCUT2D eigenvalue weighted by Crippen LogP contribution is 2.31. The molecular weight excluding hydrogens is 360 g/mol. The van der Waals surface area contributed by atoms with E-state index in [2.05, 4.69) is 5.32 Å². The van der Waals surface area contributed by atoms with Gasteiger partial charge in [0.2, 0.25) is 5.91 Å². The van der Waals surface area contributed by atoms with Crippen LogP contribution in [-0.4, -0.2) is 36.4 Å². The first-order valence-corrected chi connectivity index (χ1v) is 8.86. The van der Waals surface area contributed by atoms with E-state index in [9.17, 15) is 15.0 Å². The van der Waals surface area contributed by atoms with E-state index in [0.717, 1.165) is 0 Å². The van der Waals surface area contributed by atoms with E-state index in [0.29, 0.717) is 35.5 Å². The topological polar surface area (TPSA) is 114 Å². The summed E-state index contributed by atoms with van der Waals surface area (Å²) in [6, 6.07) is 11.7. The molecule has 0 aliphatic heterocycles. The first-order valence-electron chi connectivity index (χ1n) is 8.86. The number of aromatic hydroxyl groups is 1. The van der Waals surface area contributed by atoms with Crippen molar-refractivity contribution in [2.75, 3.05) is 25.3 Å². The molecule has 0 unspecified atom stereocenters. The van der Waals surface area contributed by atoms with E-state index in [1.165, 1.54) is 26.4 Å². The van der Waals surface area contributed by atoms with Crippen LogP contribution in [0.1, 0.15) is 24.5 Å². The largest absolute Gasteiger partial charge is 0.504 e. The van der Waals surface area contributed by atoms with E-state index in [-0.39, 0.29) is 11.7 Å². The number of anilines is 2. The average Bonchev–Trinajstić information content (AvgIpc) is 2.69. The molecule has 2 atom stereocenters. The van der Waals surface area contributed by atoms with Gasteiger partial charge in [0.25, 0.3) is 0 Å². The van der Waals surface area contributed by atoms with Gasteiger partial charge in [-0.05, 0) is 48.7 Å². The Bertz CT molecular complexity index is 822. The maximum Gasteiger partial charge on any atom is 0.248 e. The average molecular weight is 386 g/mol. The van der Waals surface area contributed by atoms with Crippen LogP contribution in [0, 0.1) is 0 Å². The van der Waals surface area contributed by atoms with Crippen molar-refractivity contribution in [2.45, 2.75) is 25.0 Å². The normalized spacial score (nSPS) is 13.2. The number of rotatable bonds is 9. The number of aliphatic hydroxyl groups excluding tert-OH is 1. The number of ether oxygens (including phenoxy) is 2. The second kappa shape index (κ2) is 10.3. The molecule has 5 N–H and O–H groups in total. The highest BCUT2D eigenvalue weighted by Gasteiger charge is 2.21. The second-order valence-corrected chi connectivity index (χ2v) is 6.21. The van der Waals surface area contributed by atoms with Gasteiger partial charge < -0.3 is 30.7 Å². The van der Waals surface area contributed by atoms with E-state index < -0.39 is 12.2 Å². The van der Waals surface area contributed by atoms with E-state index in [4.69, 9.17) is 15.2 Å². The number of nitrogen functional groups attached to an aromatic ring is 1. The van der Waals surface area contributed by atoms with Crippen molar-refractivity contribution < 1.29 is 24.5 Å². The Hall–Kier alpha value is -3.03. The van der Waals surface area contributed by atoms with Crippen LogP contribution in [0.15, 0.2) is 54.6 Å². The summed E-state index contributed by atoms with van der Waals surface area (Å²) in [6.07, 6.45) is 2.72. The number of amides is 1. The molecule has 2 aromatic rings. The number of carbonyl (C=O) groups is 1. The summed E-state index contributed by atoms with van der Waals surface area (Å²) in [7, 11) is 2.96. The molecule has 7 heteroatoms. The van der Waals surface area contributed by atoms with Crippen LogP contribution < -0.4 is 15.8 Å². The van der Waals surface area contributed by atoms with Gasteiger partial charge in [0.1, 0.15) is 6.10 Å². The molecule has 1 amide bonds. The van der Waals surface area contributed by atoms with Crippen molar-refractivity contribution in [2.24, 2.45) is 0 Å². The molecule has 0 saturated carbocycles. The number of carbonyl (C=O) groups excluding carboxylic acids is 1. The predicted molar refractivity (Wildman–Crippen MR) is 108 cm³/mol. The molecule has 0 spiro atoms. The SMILES string of the molecule is COc1ccc([C@@H](O)[C@@H](CC/C=C/C(=O)Nc2ccccc2N)OC)cc1O. The first-order chi connectivity index (χ1) is 13.5. The lowest BCUT2D eigenvalue weighted by Gasteiger charge is -2.22. The van der Waals surface area contributed by atoms with Crippen LogP contribution in [0.2, 0.25) is 0 Å². The third-order valence-corrected chi connectivity index (χ3v) is 4.31. The van der Waals surface area contributed by atoms with Crippen molar-refractivity contribution in [1.29, 1.82) is 0 Å². The number of hydrogen-bond acceptors (Lipinski definition) is 6. The highest BCUT2D eigenvalue weighted by molar-refractivity contribution is 6.01. The molecule has 0 aromatic heterocycles. The Morgan fingerprint density at radius 3 is 2.64 bits per heavy atom. The number of phenols is 1. The lowest BCUT2D eigenvalue weighted by Crippen LogP contribution is -2.20. The van der Waals surface area contributed by atoms with Crippen LogP contribution in [0.5, 0.6) is 11.5 Å². The lowest BCUT2D eigenvalue weighted by atomic mass is 10.00. The Balaban J connectivity index is 1.89. The molecule has 7 nitrogen and oxygen atoms in total. The molecule has 2 rings (SSSR count). The quantitative estimate of drug-likeness (QED) is 0.389. The van der Waals surface area contributed by atoms with Crippen LogP contribution in [0.4, 0.5) is 11.4 Å². The van der Waals surface area contributed by atoms with E-state index in [1.54, 1.807) is 42.5 Å². The van der Waals surface area contributed by atoms with Crippen molar-refractivity contribution >= 4 is 17.3 Å². The van der Waals surface area contributed by atoms with Gasteiger partial charge in [-0.3, -0.25) is 4.79 Å². The minimum absolute atomic E-state index is 0.0503. The minimum atomic E-state index is -0.923. The first kappa shape index (κ1) is 21.3. The fourth-order valence-corrected chi connectivity index (χ4v) is 2.75. The van der Waals surface area contributed by atoms with Crippen LogP contribution in [-0.2, 0) is 9.53 Å². The monoisotopic (exact) mass is 386 g/mol. The molecule has 0 bridgehead atoms. The zero-order valence-corrected chi connectivity index (χ0v) is 16.0. The smallest absolute Gasteiger partial charge is 0.248 e. The van der Waals surface area contributed by atoms with Gasteiger partial charge >= 0.3 is 0 Å². The summed E-state index contributed by atoms with van der Waals surface area (Å²) in [4.78, 5) is 12.0. The van der Waals surface area contributed by atoms with Crippen LogP contribution in [0.25, 0.3) is 0 Å². The molecule has 0 aliphatic carbocycles. The van der Waals surface area contributed by atoms with Crippen LogP contribution >= 0.6 is 0 Å². The van der Waals surface area contributed by atoms with Gasteiger partial charge in [-0.25, -0.2) is 0 Å². The maximum absolute atomic E-state index is 12.0. The van der Waals surface area contributed by atoms with Gasteiger partial charge in [-0.2, -0.15) is 0 Å². The standard InChI is InChI=1S/C21H26N2O5/c1-27-18-12-11-14(13-17(18)24)21(26)19(28-2)9-5-6-10-20(25)23-16-8-4-3-7-15(16)22/h3-4,6-8,10-13,19,21,24,26H,5,9,22H2,1-2H3,(H,23,25)/b10-6+/t19-,21-/m1/s1. The number of phenolic OH excluding ortho intramolecular Hbond substituents is 1. The molecular formula is C21H26N2O5. The number of para-hydroxylation sites is 2.